The monoisotopic (exact) mass is 282 g/mol. The van der Waals surface area contributed by atoms with Crippen molar-refractivity contribution >= 4 is 44.7 Å². The van der Waals surface area contributed by atoms with Crippen LogP contribution in [0.25, 0.3) is 32.8 Å². The Morgan fingerprint density at radius 3 is 2.71 bits per heavy atom. The summed E-state index contributed by atoms with van der Waals surface area (Å²) in [5, 5.41) is 4.05. The summed E-state index contributed by atoms with van der Waals surface area (Å²) in [6.45, 7) is 0. The number of imide groups is 1. The molecule has 1 aliphatic heterocycles. The molecule has 0 aliphatic carbocycles. The van der Waals surface area contributed by atoms with Crippen LogP contribution < -0.4 is 5.32 Å². The van der Waals surface area contributed by atoms with Gasteiger partial charge in [0, 0.05) is 20.6 Å². The highest BCUT2D eigenvalue weighted by atomic mass is 16.2. The van der Waals surface area contributed by atoms with Gasteiger partial charge in [-0.2, -0.15) is 0 Å². The van der Waals surface area contributed by atoms with Crippen LogP contribution in [0.2, 0.25) is 0 Å². The Morgan fingerprint density at radius 1 is 1.00 bits per heavy atom. The van der Waals surface area contributed by atoms with Crippen molar-refractivity contribution in [3.63, 3.8) is 0 Å². The number of nitrogens with one attached hydrogen (secondary N) is 3. The van der Waals surface area contributed by atoms with E-state index in [0.29, 0.717) is 16.6 Å². The maximum absolute atomic E-state index is 12.2. The number of amides is 2. The molecule has 0 unspecified atom stereocenters. The lowest BCUT2D eigenvalue weighted by Gasteiger charge is -2.00. The van der Waals surface area contributed by atoms with Crippen LogP contribution in [0.1, 0.15) is 25.0 Å². The van der Waals surface area contributed by atoms with E-state index in [9.17, 15) is 9.59 Å². The van der Waals surface area contributed by atoms with Crippen molar-refractivity contribution < 1.29 is 13.9 Å². The summed E-state index contributed by atoms with van der Waals surface area (Å²) in [5.74, 6) is -0.756. The number of aromatic amines is 2. The van der Waals surface area contributed by atoms with E-state index in [0.717, 1.165) is 27.3 Å². The third-order valence-electron chi connectivity index (χ3n) is 4.01. The van der Waals surface area contributed by atoms with Crippen molar-refractivity contribution in [1.29, 1.82) is 0 Å². The SMILES string of the molecule is O=C1NC(=O)c2c1c1nc[nH]c1c1[nH]c3ccccc3c21.[HH].[HH].[HH]. The number of hydrogen-bond donors (Lipinski definition) is 3. The summed E-state index contributed by atoms with van der Waals surface area (Å²) in [4.78, 5) is 34.9. The molecule has 0 saturated heterocycles. The molecule has 21 heavy (non-hydrogen) atoms. The first kappa shape index (κ1) is 10.6. The number of carbonyl (C=O) groups is 2. The van der Waals surface area contributed by atoms with Crippen LogP contribution in [0.5, 0.6) is 0 Å². The fraction of sp³-hybridized carbons (Fsp3) is 0. The number of rotatable bonds is 0. The summed E-state index contributed by atoms with van der Waals surface area (Å²) < 4.78 is 0. The van der Waals surface area contributed by atoms with E-state index in [4.69, 9.17) is 0 Å². The molecule has 3 N–H and O–H groups in total. The summed E-state index contributed by atoms with van der Waals surface area (Å²) in [6, 6.07) is 7.71. The smallest absolute Gasteiger partial charge is 0.261 e. The third-order valence-corrected chi connectivity index (χ3v) is 4.01. The maximum atomic E-state index is 12.2. The molecule has 0 atom stereocenters. The van der Waals surface area contributed by atoms with Gasteiger partial charge in [-0.05, 0) is 6.07 Å². The Labute approximate surface area is 121 Å². The van der Waals surface area contributed by atoms with Gasteiger partial charge in [0.15, 0.2) is 0 Å². The van der Waals surface area contributed by atoms with E-state index < -0.39 is 0 Å². The average Bonchev–Trinajstić information content (AvgIpc) is 3.14. The van der Waals surface area contributed by atoms with Crippen molar-refractivity contribution in [3.8, 4) is 0 Å². The first-order chi connectivity index (χ1) is 10.3. The summed E-state index contributed by atoms with van der Waals surface area (Å²) in [6.07, 6.45) is 1.53. The summed E-state index contributed by atoms with van der Waals surface area (Å²) in [7, 11) is 0. The molecule has 3 heterocycles. The Kier molecular flexibility index (Phi) is 1.66. The average molecular weight is 282 g/mol. The van der Waals surface area contributed by atoms with Gasteiger partial charge < -0.3 is 9.97 Å². The summed E-state index contributed by atoms with van der Waals surface area (Å²) in [5.41, 5.74) is 3.74. The predicted octanol–water partition coefficient (Wildman–Crippen LogP) is 2.82. The number of benzene rings is 2. The van der Waals surface area contributed by atoms with Crippen LogP contribution in [0.15, 0.2) is 30.6 Å². The van der Waals surface area contributed by atoms with Crippen LogP contribution in [-0.2, 0) is 0 Å². The second-order valence-corrected chi connectivity index (χ2v) is 5.08. The highest BCUT2D eigenvalue weighted by molar-refractivity contribution is 6.35. The van der Waals surface area contributed by atoms with Crippen LogP contribution in [0, 0.1) is 0 Å². The zero-order valence-electron chi connectivity index (χ0n) is 10.7. The number of fused-ring (bicyclic) bond motifs is 8. The molecule has 0 spiro atoms. The standard InChI is InChI=1S/C15H8N4O2.3H2/c20-14-9-8-6-3-1-2-4-7(6)18-12(8)13-11(16-5-17-13)10(9)15(21)19-14;;;/h1-5,18H,(H,16,17)(H,19,20,21);3*1H. The molecule has 106 valence electrons. The minimum absolute atomic E-state index is 0. The topological polar surface area (TPSA) is 90.6 Å². The Hall–Kier alpha value is -3.15. The van der Waals surface area contributed by atoms with E-state index in [-0.39, 0.29) is 16.1 Å². The lowest BCUT2D eigenvalue weighted by Crippen LogP contribution is -2.20. The highest BCUT2D eigenvalue weighted by Gasteiger charge is 2.34. The molecular formula is C15H14N4O2. The van der Waals surface area contributed by atoms with E-state index >= 15 is 0 Å². The van der Waals surface area contributed by atoms with Gasteiger partial charge in [0.2, 0.25) is 0 Å². The number of hydrogen-bond acceptors (Lipinski definition) is 3. The molecule has 0 bridgehead atoms. The van der Waals surface area contributed by atoms with Gasteiger partial charge in [-0.15, -0.1) is 0 Å². The number of nitrogens with zero attached hydrogens (tertiary/aromatic N) is 1. The van der Waals surface area contributed by atoms with Crippen LogP contribution in [-0.4, -0.2) is 26.8 Å². The zero-order valence-corrected chi connectivity index (χ0v) is 10.7. The fourth-order valence-corrected chi connectivity index (χ4v) is 3.18. The molecule has 2 amide bonds. The molecule has 0 radical (unpaired) electrons. The molecule has 2 aromatic carbocycles. The van der Waals surface area contributed by atoms with E-state index in [1.807, 2.05) is 24.3 Å². The first-order valence-corrected chi connectivity index (χ1v) is 6.51. The van der Waals surface area contributed by atoms with Crippen LogP contribution in [0.3, 0.4) is 0 Å². The van der Waals surface area contributed by atoms with Gasteiger partial charge in [0.1, 0.15) is 5.52 Å². The largest absolute Gasteiger partial charge is 0.353 e. The van der Waals surface area contributed by atoms with Crippen LogP contribution >= 0.6 is 0 Å². The van der Waals surface area contributed by atoms with E-state index in [1.54, 1.807) is 0 Å². The van der Waals surface area contributed by atoms with Crippen molar-refractivity contribution in [1.82, 2.24) is 20.3 Å². The minimum atomic E-state index is -0.390. The molecule has 0 saturated carbocycles. The Bertz CT molecular complexity index is 1120. The van der Waals surface area contributed by atoms with Gasteiger partial charge in [-0.3, -0.25) is 14.9 Å². The normalized spacial score (nSPS) is 14.3. The number of para-hydroxylation sites is 1. The van der Waals surface area contributed by atoms with E-state index in [1.165, 1.54) is 6.33 Å². The van der Waals surface area contributed by atoms with Gasteiger partial charge in [-0.1, -0.05) is 18.2 Å². The molecule has 5 rings (SSSR count). The van der Waals surface area contributed by atoms with E-state index in [2.05, 4.69) is 20.3 Å². The second-order valence-electron chi connectivity index (χ2n) is 5.08. The van der Waals surface area contributed by atoms with Crippen molar-refractivity contribution in [2.45, 2.75) is 0 Å². The lowest BCUT2D eigenvalue weighted by molar-refractivity contribution is 0.0880. The Morgan fingerprint density at radius 2 is 1.81 bits per heavy atom. The molecule has 2 aromatic heterocycles. The second kappa shape index (κ2) is 3.29. The molecular weight excluding hydrogens is 268 g/mol. The van der Waals surface area contributed by atoms with Crippen molar-refractivity contribution in [2.75, 3.05) is 0 Å². The van der Waals surface area contributed by atoms with Crippen LogP contribution in [0.4, 0.5) is 0 Å². The quantitative estimate of drug-likeness (QED) is 0.433. The Balaban J connectivity index is 0.000000694. The fourth-order valence-electron chi connectivity index (χ4n) is 3.18. The lowest BCUT2D eigenvalue weighted by atomic mass is 10.0. The minimum Gasteiger partial charge on any atom is -0.353 e. The van der Waals surface area contributed by atoms with Gasteiger partial charge >= 0.3 is 0 Å². The predicted molar refractivity (Wildman–Crippen MR) is 83.6 cm³/mol. The maximum Gasteiger partial charge on any atom is 0.261 e. The summed E-state index contributed by atoms with van der Waals surface area (Å²) >= 11 is 0. The number of aromatic nitrogens is 3. The van der Waals surface area contributed by atoms with Gasteiger partial charge in [-0.25, -0.2) is 4.98 Å². The third kappa shape index (κ3) is 1.11. The molecule has 1 aliphatic rings. The molecule has 0 fully saturated rings. The molecule has 6 nitrogen and oxygen atoms in total. The van der Waals surface area contributed by atoms with Gasteiger partial charge in [0.05, 0.1) is 28.5 Å². The van der Waals surface area contributed by atoms with Crippen molar-refractivity contribution in [2.24, 2.45) is 0 Å². The van der Waals surface area contributed by atoms with Gasteiger partial charge in [0.25, 0.3) is 11.8 Å². The number of carbonyl (C=O) groups excluding carboxylic acids is 2. The number of imidazole rings is 1. The van der Waals surface area contributed by atoms with Crippen molar-refractivity contribution in [3.05, 3.63) is 41.7 Å². The zero-order chi connectivity index (χ0) is 14.1. The molecule has 6 heteroatoms. The first-order valence-electron chi connectivity index (χ1n) is 6.51. The highest BCUT2D eigenvalue weighted by Crippen LogP contribution is 2.37. The number of H-pyrrole nitrogens is 2. The molecule has 4 aromatic rings.